The molecule has 2 aromatic carbocycles. The highest BCUT2D eigenvalue weighted by Gasteiger charge is 2.71. The minimum atomic E-state index is -6.04. The van der Waals surface area contributed by atoms with Crippen molar-refractivity contribution in [1.29, 1.82) is 0 Å². The van der Waals surface area contributed by atoms with Crippen molar-refractivity contribution in [2.75, 3.05) is 13.2 Å². The summed E-state index contributed by atoms with van der Waals surface area (Å²) in [5, 5.41) is 32.1. The molecule has 44 heavy (non-hydrogen) atoms. The Morgan fingerprint density at radius 1 is 0.977 bits per heavy atom. The molecule has 242 valence electrons. The number of rotatable bonds is 12. The molecule has 1 aliphatic heterocycles. The summed E-state index contributed by atoms with van der Waals surface area (Å²) in [6.07, 6.45) is -8.30. The Kier molecular flexibility index (Phi) is 10.2. The number of phenolic OH excluding ortho intramolecular Hbond substituents is 2. The van der Waals surface area contributed by atoms with Crippen LogP contribution in [0.2, 0.25) is 0 Å². The zero-order valence-corrected chi connectivity index (χ0v) is 24.3. The van der Waals surface area contributed by atoms with Gasteiger partial charge in [0.1, 0.15) is 11.3 Å². The third kappa shape index (κ3) is 6.30. The molecule has 0 saturated carbocycles. The van der Waals surface area contributed by atoms with Gasteiger partial charge in [0.25, 0.3) is 11.5 Å². The highest BCUT2D eigenvalue weighted by atomic mass is 19.4. The number of benzene rings is 2. The molecule has 1 atom stereocenters. The Hall–Kier alpha value is -3.94. The number of hydrogen-bond acceptors (Lipinski definition) is 6. The third-order valence-electron chi connectivity index (χ3n) is 7.50. The minimum Gasteiger partial charge on any atom is -0.504 e. The monoisotopic (exact) mass is 632 g/mol. The molecule has 1 saturated heterocycles. The molecule has 0 spiro atoms. The maximum absolute atomic E-state index is 13.6. The van der Waals surface area contributed by atoms with Crippen LogP contribution in [0.25, 0.3) is 6.08 Å². The van der Waals surface area contributed by atoms with E-state index in [9.17, 15) is 51.3 Å². The van der Waals surface area contributed by atoms with Crippen molar-refractivity contribution in [1.82, 2.24) is 10.2 Å². The first-order valence-electron chi connectivity index (χ1n) is 13.9. The fraction of sp³-hybridized carbons (Fsp3) is 0.467. The van der Waals surface area contributed by atoms with Crippen molar-refractivity contribution < 1.29 is 56.0 Å². The van der Waals surface area contributed by atoms with Crippen LogP contribution in [-0.2, 0) is 22.4 Å². The van der Waals surface area contributed by atoms with Crippen molar-refractivity contribution in [2.45, 2.75) is 76.4 Å². The Morgan fingerprint density at radius 3 is 2.18 bits per heavy atom. The molecular weight excluding hydrogens is 598 g/mol. The van der Waals surface area contributed by atoms with Crippen LogP contribution < -0.4 is 10.1 Å². The van der Waals surface area contributed by atoms with Crippen LogP contribution in [0.5, 0.6) is 17.2 Å². The molecule has 0 aliphatic carbocycles. The number of amides is 3. The Labute approximate surface area is 249 Å². The number of phenols is 2. The van der Waals surface area contributed by atoms with Crippen LogP contribution in [0.1, 0.15) is 68.7 Å². The lowest BCUT2D eigenvalue weighted by molar-refractivity contribution is -0.376. The summed E-state index contributed by atoms with van der Waals surface area (Å²) in [5.74, 6) is -1.34. The smallest absolute Gasteiger partial charge is 0.430 e. The largest absolute Gasteiger partial charge is 0.504 e. The molecule has 0 bridgehead atoms. The summed E-state index contributed by atoms with van der Waals surface area (Å²) < 4.78 is 87.4. The van der Waals surface area contributed by atoms with E-state index < -0.39 is 46.7 Å². The number of carbonyl (C=O) groups excluding carboxylic acids is 2. The summed E-state index contributed by atoms with van der Waals surface area (Å²) >= 11 is 0. The zero-order chi connectivity index (χ0) is 33.1. The van der Waals surface area contributed by atoms with Crippen molar-refractivity contribution in [2.24, 2.45) is 0 Å². The van der Waals surface area contributed by atoms with E-state index in [4.69, 9.17) is 4.74 Å². The number of allylic oxidation sites excluding steroid dienone is 1. The summed E-state index contributed by atoms with van der Waals surface area (Å²) in [7, 11) is 0. The van der Waals surface area contributed by atoms with Crippen LogP contribution in [0, 0.1) is 0 Å². The number of halogens is 6. The molecule has 4 N–H and O–H groups in total. The van der Waals surface area contributed by atoms with Gasteiger partial charge in [-0.15, -0.1) is 0 Å². The van der Waals surface area contributed by atoms with Crippen molar-refractivity contribution in [3.63, 3.8) is 0 Å². The maximum atomic E-state index is 13.6. The van der Waals surface area contributed by atoms with Gasteiger partial charge in [-0.3, -0.25) is 9.69 Å². The number of hydrogen-bond donors (Lipinski definition) is 4. The zero-order valence-electron chi connectivity index (χ0n) is 24.3. The lowest BCUT2D eigenvalue weighted by Gasteiger charge is -2.33. The number of nitrogens with zero attached hydrogens (tertiary/aromatic N) is 1. The molecule has 1 heterocycles. The fourth-order valence-corrected chi connectivity index (χ4v) is 5.15. The average Bonchev–Trinajstić information content (AvgIpc) is 3.19. The SMILES string of the molecule is C/C=C\c1cc(C(O)(C(F)(F)F)C(F)(F)F)cc(CCC)c1OCCCCN1C(=O)NC(CC)(c2ccc(O)c(O)c2)C1=O. The summed E-state index contributed by atoms with van der Waals surface area (Å²) in [5.41, 5.74) is -7.67. The number of urea groups is 1. The van der Waals surface area contributed by atoms with E-state index in [2.05, 4.69) is 5.32 Å². The number of imide groups is 1. The van der Waals surface area contributed by atoms with Crippen molar-refractivity contribution in [3.05, 3.63) is 58.7 Å². The second-order valence-corrected chi connectivity index (χ2v) is 10.4. The summed E-state index contributed by atoms with van der Waals surface area (Å²) in [6, 6.07) is 4.41. The molecule has 3 rings (SSSR count). The molecule has 1 unspecified atom stereocenters. The molecule has 0 aromatic heterocycles. The fourth-order valence-electron chi connectivity index (χ4n) is 5.15. The van der Waals surface area contributed by atoms with Gasteiger partial charge in [-0.1, -0.05) is 38.5 Å². The first-order valence-corrected chi connectivity index (χ1v) is 13.9. The average molecular weight is 633 g/mol. The van der Waals surface area contributed by atoms with Crippen LogP contribution in [0.4, 0.5) is 31.1 Å². The number of aryl methyl sites for hydroxylation is 1. The summed E-state index contributed by atoms with van der Waals surface area (Å²) in [4.78, 5) is 27.0. The van der Waals surface area contributed by atoms with Gasteiger partial charge in [0.15, 0.2) is 11.5 Å². The molecule has 1 fully saturated rings. The summed E-state index contributed by atoms with van der Waals surface area (Å²) in [6.45, 7) is 4.80. The standard InChI is InChI=1S/C30H34F6N2O6/c1-4-9-18-15-21(28(43,29(31,32)33)30(34,35)36)16-19(10-5-2)24(18)44-14-8-7-13-38-25(41)27(6-3,37-26(38)42)20-11-12-22(39)23(40)17-20/h4,9,11-12,15-17,39-40,43H,5-8,10,13-14H2,1-3H3,(H,37,42)/b9-4-. The Balaban J connectivity index is 1.78. The highest BCUT2D eigenvalue weighted by Crippen LogP contribution is 2.51. The molecular formula is C30H34F6N2O6. The quantitative estimate of drug-likeness (QED) is 0.0930. The van der Waals surface area contributed by atoms with Crippen molar-refractivity contribution in [3.8, 4) is 17.2 Å². The number of nitrogens with one attached hydrogen (secondary N) is 1. The van der Waals surface area contributed by atoms with Gasteiger partial charge < -0.3 is 25.4 Å². The molecule has 0 radical (unpaired) electrons. The first-order chi connectivity index (χ1) is 20.5. The van der Waals surface area contributed by atoms with Crippen LogP contribution in [0.15, 0.2) is 36.4 Å². The van der Waals surface area contributed by atoms with Crippen LogP contribution in [-0.4, -0.2) is 57.7 Å². The van der Waals surface area contributed by atoms with E-state index in [0.29, 0.717) is 18.6 Å². The van der Waals surface area contributed by atoms with E-state index in [0.717, 1.165) is 4.90 Å². The van der Waals surface area contributed by atoms with E-state index in [1.807, 2.05) is 0 Å². The van der Waals surface area contributed by atoms with Gasteiger partial charge in [0.2, 0.25) is 0 Å². The lowest BCUT2D eigenvalue weighted by Crippen LogP contribution is -2.54. The molecule has 8 nitrogen and oxygen atoms in total. The number of ether oxygens (including phenoxy) is 1. The van der Waals surface area contributed by atoms with Gasteiger partial charge in [0.05, 0.1) is 6.61 Å². The number of aliphatic hydroxyl groups is 1. The predicted octanol–water partition coefficient (Wildman–Crippen LogP) is 6.41. The number of unbranched alkanes of at least 4 members (excludes halogenated alkanes) is 1. The normalized spacial score (nSPS) is 17.9. The van der Waals surface area contributed by atoms with E-state index in [1.54, 1.807) is 13.8 Å². The second-order valence-electron chi connectivity index (χ2n) is 10.4. The van der Waals surface area contributed by atoms with E-state index in [-0.39, 0.29) is 67.0 Å². The molecule has 3 amide bonds. The molecule has 2 aromatic rings. The third-order valence-corrected chi connectivity index (χ3v) is 7.50. The number of aromatic hydroxyl groups is 2. The van der Waals surface area contributed by atoms with E-state index in [1.165, 1.54) is 37.3 Å². The van der Waals surface area contributed by atoms with Crippen molar-refractivity contribution >= 4 is 18.0 Å². The van der Waals surface area contributed by atoms with Gasteiger partial charge in [-0.25, -0.2) is 4.79 Å². The van der Waals surface area contributed by atoms with Gasteiger partial charge in [-0.05, 0) is 68.0 Å². The van der Waals surface area contributed by atoms with Crippen LogP contribution >= 0.6 is 0 Å². The minimum absolute atomic E-state index is 0.0213. The molecule has 14 heteroatoms. The van der Waals surface area contributed by atoms with Gasteiger partial charge in [-0.2, -0.15) is 26.3 Å². The molecule has 1 aliphatic rings. The predicted molar refractivity (Wildman–Crippen MR) is 148 cm³/mol. The highest BCUT2D eigenvalue weighted by molar-refractivity contribution is 6.07. The second kappa shape index (κ2) is 13.0. The number of carbonyl (C=O) groups is 2. The topological polar surface area (TPSA) is 119 Å². The van der Waals surface area contributed by atoms with Gasteiger partial charge in [0, 0.05) is 17.7 Å². The number of alkyl halides is 6. The maximum Gasteiger partial charge on any atom is 0.430 e. The van der Waals surface area contributed by atoms with Gasteiger partial charge >= 0.3 is 18.4 Å². The lowest BCUT2D eigenvalue weighted by atomic mass is 9.87. The Morgan fingerprint density at radius 2 is 1.64 bits per heavy atom. The van der Waals surface area contributed by atoms with Crippen LogP contribution in [0.3, 0.4) is 0 Å². The van der Waals surface area contributed by atoms with E-state index >= 15 is 0 Å². The first kappa shape index (κ1) is 34.5. The Bertz CT molecular complexity index is 1390.